The first-order valence-electron chi connectivity index (χ1n) is 9.92. The first kappa shape index (κ1) is 19.4. The summed E-state index contributed by atoms with van der Waals surface area (Å²) in [5.41, 5.74) is 4.38. The molecule has 0 fully saturated rings. The van der Waals surface area contributed by atoms with Crippen LogP contribution < -0.4 is 5.32 Å². The molecule has 2 aromatic carbocycles. The van der Waals surface area contributed by atoms with Gasteiger partial charge in [0.15, 0.2) is 0 Å². The van der Waals surface area contributed by atoms with Crippen LogP contribution in [0, 0.1) is 11.3 Å². The van der Waals surface area contributed by atoms with E-state index in [4.69, 9.17) is 0 Å². The molecule has 2 heteroatoms. The summed E-state index contributed by atoms with van der Waals surface area (Å²) in [7, 11) is 0. The first-order valence-corrected chi connectivity index (χ1v) is 10.7. The van der Waals surface area contributed by atoms with Gasteiger partial charge in [-0.1, -0.05) is 90.4 Å². The van der Waals surface area contributed by atoms with E-state index in [9.17, 15) is 0 Å². The van der Waals surface area contributed by atoms with Crippen LogP contribution in [0.15, 0.2) is 52.3 Å². The van der Waals surface area contributed by atoms with Gasteiger partial charge in [-0.2, -0.15) is 0 Å². The molecule has 26 heavy (non-hydrogen) atoms. The monoisotopic (exact) mass is 367 g/mol. The van der Waals surface area contributed by atoms with Gasteiger partial charge >= 0.3 is 0 Å². The zero-order valence-corrected chi connectivity index (χ0v) is 18.0. The lowest BCUT2D eigenvalue weighted by Gasteiger charge is -2.45. The molecule has 0 saturated heterocycles. The van der Waals surface area contributed by atoms with E-state index >= 15 is 0 Å². The van der Waals surface area contributed by atoms with Crippen LogP contribution in [0.1, 0.15) is 66.4 Å². The average Bonchev–Trinajstić information content (AvgIpc) is 2.58. The molecule has 0 aliphatic carbocycles. The second-order valence-electron chi connectivity index (χ2n) is 9.18. The van der Waals surface area contributed by atoms with Crippen molar-refractivity contribution in [2.75, 3.05) is 5.32 Å². The number of hydrogen-bond acceptors (Lipinski definition) is 2. The zero-order chi connectivity index (χ0) is 18.9. The average molecular weight is 368 g/mol. The maximum Gasteiger partial charge on any atom is 0.0564 e. The van der Waals surface area contributed by atoms with Gasteiger partial charge in [0.25, 0.3) is 0 Å². The first-order chi connectivity index (χ1) is 12.2. The number of hydrogen-bond donors (Lipinski definition) is 1. The van der Waals surface area contributed by atoms with Crippen molar-refractivity contribution in [3.05, 3.63) is 48.0 Å². The molecule has 0 saturated carbocycles. The van der Waals surface area contributed by atoms with Gasteiger partial charge in [0.1, 0.15) is 0 Å². The highest BCUT2D eigenvalue weighted by atomic mass is 32.2. The molecule has 140 valence electrons. The highest BCUT2D eigenvalue weighted by Crippen LogP contribution is 2.52. The van der Waals surface area contributed by atoms with E-state index in [1.54, 1.807) is 0 Å². The molecule has 0 bridgehead atoms. The molecule has 3 rings (SSSR count). The number of anilines is 2. The minimum absolute atomic E-state index is 0.110. The van der Waals surface area contributed by atoms with Crippen molar-refractivity contribution < 1.29 is 0 Å². The van der Waals surface area contributed by atoms with Gasteiger partial charge in [-0.15, -0.1) is 0 Å². The van der Waals surface area contributed by atoms with Crippen molar-refractivity contribution in [1.29, 1.82) is 0 Å². The molecule has 1 atom stereocenters. The summed E-state index contributed by atoms with van der Waals surface area (Å²) in [5, 5.41) is 3.76. The minimum Gasteiger partial charge on any atom is -0.353 e. The Morgan fingerprint density at radius 1 is 0.923 bits per heavy atom. The summed E-state index contributed by atoms with van der Waals surface area (Å²) >= 11 is 1.89. The highest BCUT2D eigenvalue weighted by Gasteiger charge is 2.40. The quantitative estimate of drug-likeness (QED) is 0.490. The Labute approximate surface area is 164 Å². The number of nitrogens with one attached hydrogen (secondary N) is 1. The fourth-order valence-electron chi connectivity index (χ4n) is 4.67. The maximum absolute atomic E-state index is 3.76. The van der Waals surface area contributed by atoms with Crippen LogP contribution in [0.4, 0.5) is 11.4 Å². The fraction of sp³-hybridized carbons (Fsp3) is 0.500. The van der Waals surface area contributed by atoms with Crippen LogP contribution in [0.25, 0.3) is 0 Å². The van der Waals surface area contributed by atoms with Gasteiger partial charge < -0.3 is 5.32 Å². The summed E-state index contributed by atoms with van der Waals surface area (Å²) in [6.07, 6.45) is 3.84. The Bertz CT molecular complexity index is 770. The number of fused-ring (bicyclic) bond motifs is 2. The van der Waals surface area contributed by atoms with Crippen molar-refractivity contribution >= 4 is 23.1 Å². The number of unbranched alkanes of at least 4 members (excludes halogenated alkanes) is 1. The van der Waals surface area contributed by atoms with E-state index in [1.165, 1.54) is 46.0 Å². The normalized spacial score (nSPS) is 15.0. The van der Waals surface area contributed by atoms with Crippen LogP contribution in [0.2, 0.25) is 0 Å². The summed E-state index contributed by atoms with van der Waals surface area (Å²) < 4.78 is 0. The molecule has 1 heterocycles. The van der Waals surface area contributed by atoms with Gasteiger partial charge in [-0.3, -0.25) is 0 Å². The van der Waals surface area contributed by atoms with E-state index in [0.717, 1.165) is 0 Å². The second-order valence-corrected chi connectivity index (χ2v) is 10.3. The molecule has 2 aromatic rings. The number of benzene rings is 2. The maximum atomic E-state index is 3.76. The molecule has 1 aliphatic rings. The molecule has 1 unspecified atom stereocenters. The van der Waals surface area contributed by atoms with Gasteiger partial charge in [-0.05, 0) is 46.9 Å². The van der Waals surface area contributed by atoms with Crippen molar-refractivity contribution in [3.63, 3.8) is 0 Å². The molecular weight excluding hydrogens is 334 g/mol. The van der Waals surface area contributed by atoms with E-state index in [1.807, 2.05) is 11.8 Å². The van der Waals surface area contributed by atoms with Gasteiger partial charge in [-0.25, -0.2) is 0 Å². The van der Waals surface area contributed by atoms with Crippen LogP contribution in [0.5, 0.6) is 0 Å². The van der Waals surface area contributed by atoms with Crippen LogP contribution in [-0.4, -0.2) is 0 Å². The summed E-state index contributed by atoms with van der Waals surface area (Å²) in [5.74, 6) is 0.630. The second kappa shape index (κ2) is 7.31. The SMILES string of the molecule is CCCCC(C(C)(C)C)C(C)(C)c1cccc2c1Nc1ccccc1S2. The fourth-order valence-corrected chi connectivity index (χ4v) is 5.69. The summed E-state index contributed by atoms with van der Waals surface area (Å²) in [4.78, 5) is 2.66. The Kier molecular flexibility index (Phi) is 5.44. The van der Waals surface area contributed by atoms with E-state index in [2.05, 4.69) is 89.3 Å². The topological polar surface area (TPSA) is 12.0 Å². The lowest BCUT2D eigenvalue weighted by atomic mass is 9.61. The molecule has 0 spiro atoms. The van der Waals surface area contributed by atoms with Gasteiger partial charge in [0.05, 0.1) is 11.4 Å². The predicted molar refractivity (Wildman–Crippen MR) is 116 cm³/mol. The molecule has 1 aliphatic heterocycles. The number of para-hydroxylation sites is 2. The Balaban J connectivity index is 2.04. The number of rotatable bonds is 5. The van der Waals surface area contributed by atoms with E-state index < -0.39 is 0 Å². The van der Waals surface area contributed by atoms with Crippen LogP contribution in [0.3, 0.4) is 0 Å². The van der Waals surface area contributed by atoms with Crippen molar-refractivity contribution in [3.8, 4) is 0 Å². The van der Waals surface area contributed by atoms with Crippen LogP contribution >= 0.6 is 11.8 Å². The third-order valence-corrected chi connectivity index (χ3v) is 6.99. The zero-order valence-electron chi connectivity index (χ0n) is 17.1. The largest absolute Gasteiger partial charge is 0.353 e. The molecular formula is C24H33NS. The van der Waals surface area contributed by atoms with E-state index in [0.29, 0.717) is 5.92 Å². The molecule has 1 nitrogen and oxygen atoms in total. The lowest BCUT2D eigenvalue weighted by Crippen LogP contribution is -2.38. The van der Waals surface area contributed by atoms with Crippen LogP contribution in [-0.2, 0) is 5.41 Å². The highest BCUT2D eigenvalue weighted by molar-refractivity contribution is 7.99. The van der Waals surface area contributed by atoms with Crippen molar-refractivity contribution in [1.82, 2.24) is 0 Å². The third-order valence-electron chi connectivity index (χ3n) is 5.85. The van der Waals surface area contributed by atoms with E-state index in [-0.39, 0.29) is 10.8 Å². The third kappa shape index (κ3) is 3.67. The Morgan fingerprint density at radius 3 is 2.31 bits per heavy atom. The van der Waals surface area contributed by atoms with Gasteiger partial charge in [0, 0.05) is 9.79 Å². The summed E-state index contributed by atoms with van der Waals surface area (Å²) in [6, 6.07) is 15.4. The van der Waals surface area contributed by atoms with Crippen molar-refractivity contribution in [2.24, 2.45) is 11.3 Å². The Hall–Kier alpha value is -1.41. The molecule has 1 N–H and O–H groups in total. The smallest absolute Gasteiger partial charge is 0.0564 e. The molecule has 0 radical (unpaired) electrons. The lowest BCUT2D eigenvalue weighted by molar-refractivity contribution is 0.133. The standard InChI is InChI=1S/C24H33NS/c1-7-8-16-21(23(2,3)4)24(5,6)17-12-11-15-20-22(17)25-18-13-9-10-14-19(18)26-20/h9-15,21,25H,7-8,16H2,1-6H3. The Morgan fingerprint density at radius 2 is 1.62 bits per heavy atom. The molecule has 0 amide bonds. The predicted octanol–water partition coefficient (Wildman–Crippen LogP) is 8.02. The summed E-state index contributed by atoms with van der Waals surface area (Å²) in [6.45, 7) is 14.4. The van der Waals surface area contributed by atoms with Gasteiger partial charge in [0.2, 0.25) is 0 Å². The molecule has 0 aromatic heterocycles. The van der Waals surface area contributed by atoms with Crippen molar-refractivity contribution in [2.45, 2.75) is 76.0 Å². The minimum atomic E-state index is 0.110.